The fraction of sp³-hybridized carbons (Fsp3) is 0.364. The van der Waals surface area contributed by atoms with Gasteiger partial charge in [0.2, 0.25) is 10.0 Å². The first kappa shape index (κ1) is 15.4. The molecule has 0 atom stereocenters. The van der Waals surface area contributed by atoms with Gasteiger partial charge in [0.15, 0.2) is 0 Å². The molecule has 0 aliphatic carbocycles. The molecular formula is C11H17N3O4S. The van der Waals surface area contributed by atoms with Crippen molar-refractivity contribution in [2.75, 3.05) is 25.5 Å². The van der Waals surface area contributed by atoms with Gasteiger partial charge in [0, 0.05) is 12.2 Å². The van der Waals surface area contributed by atoms with Crippen molar-refractivity contribution >= 4 is 21.7 Å². The van der Waals surface area contributed by atoms with E-state index in [1.54, 1.807) is 0 Å². The van der Waals surface area contributed by atoms with Crippen LogP contribution in [0.15, 0.2) is 23.1 Å². The number of hydrogen-bond acceptors (Lipinski definition) is 5. The lowest BCUT2D eigenvalue weighted by atomic mass is 10.1. The number of nitrogens with two attached hydrogens (primary N) is 1. The fourth-order valence-electron chi connectivity index (χ4n) is 1.52. The molecule has 1 aromatic carbocycles. The van der Waals surface area contributed by atoms with Crippen LogP contribution in [0.3, 0.4) is 0 Å². The standard InChI is InChI=1S/C11H17N3O4S/c1-13-5-2-6-14-10-4-3-8(19(12,17)18)7-9(10)11(15)16/h3-4,7,13-14H,2,5-6H2,1H3,(H,15,16)(H2,12,17,18). The Balaban J connectivity index is 2.96. The zero-order valence-electron chi connectivity index (χ0n) is 10.5. The zero-order valence-corrected chi connectivity index (χ0v) is 11.3. The van der Waals surface area contributed by atoms with Crippen molar-refractivity contribution in [3.63, 3.8) is 0 Å². The molecule has 1 rings (SSSR count). The van der Waals surface area contributed by atoms with E-state index >= 15 is 0 Å². The first-order valence-corrected chi connectivity index (χ1v) is 7.19. The minimum atomic E-state index is -3.91. The summed E-state index contributed by atoms with van der Waals surface area (Å²) in [5.74, 6) is -1.21. The normalized spacial score (nSPS) is 11.3. The predicted octanol–water partition coefficient (Wildman–Crippen LogP) is 0.0536. The predicted molar refractivity (Wildman–Crippen MR) is 71.8 cm³/mol. The SMILES string of the molecule is CNCCCNc1ccc(S(N)(=O)=O)cc1C(=O)O. The third-order valence-corrected chi connectivity index (χ3v) is 3.38. The van der Waals surface area contributed by atoms with Gasteiger partial charge in [0.25, 0.3) is 0 Å². The molecule has 0 spiro atoms. The molecule has 106 valence electrons. The summed E-state index contributed by atoms with van der Waals surface area (Å²) in [4.78, 5) is 10.9. The molecule has 0 radical (unpaired) electrons. The molecule has 0 saturated heterocycles. The highest BCUT2D eigenvalue weighted by Crippen LogP contribution is 2.20. The highest BCUT2D eigenvalue weighted by atomic mass is 32.2. The van der Waals surface area contributed by atoms with Crippen molar-refractivity contribution in [2.24, 2.45) is 5.14 Å². The van der Waals surface area contributed by atoms with Crippen LogP contribution < -0.4 is 15.8 Å². The molecule has 0 heterocycles. The summed E-state index contributed by atoms with van der Waals surface area (Å²) in [6.07, 6.45) is 0.812. The van der Waals surface area contributed by atoms with E-state index in [-0.39, 0.29) is 10.5 Å². The topological polar surface area (TPSA) is 122 Å². The Hall–Kier alpha value is -1.64. The van der Waals surface area contributed by atoms with E-state index in [2.05, 4.69) is 10.6 Å². The Morgan fingerprint density at radius 2 is 2.05 bits per heavy atom. The van der Waals surface area contributed by atoms with Crippen LogP contribution in [0.4, 0.5) is 5.69 Å². The van der Waals surface area contributed by atoms with Gasteiger partial charge >= 0.3 is 5.97 Å². The number of carboxylic acid groups (broad SMARTS) is 1. The maximum Gasteiger partial charge on any atom is 0.337 e. The van der Waals surface area contributed by atoms with Crippen molar-refractivity contribution in [1.29, 1.82) is 0 Å². The Morgan fingerprint density at radius 3 is 2.58 bits per heavy atom. The molecule has 19 heavy (non-hydrogen) atoms. The van der Waals surface area contributed by atoms with Crippen LogP contribution >= 0.6 is 0 Å². The van der Waals surface area contributed by atoms with E-state index in [0.29, 0.717) is 12.2 Å². The van der Waals surface area contributed by atoms with Crippen LogP contribution in [0.2, 0.25) is 0 Å². The molecule has 0 unspecified atom stereocenters. The maximum atomic E-state index is 11.2. The lowest BCUT2D eigenvalue weighted by Gasteiger charge is -2.10. The Bertz CT molecular complexity index is 557. The van der Waals surface area contributed by atoms with Gasteiger partial charge in [-0.2, -0.15) is 0 Å². The zero-order chi connectivity index (χ0) is 14.5. The minimum absolute atomic E-state index is 0.115. The van der Waals surface area contributed by atoms with Gasteiger partial charge in [-0.3, -0.25) is 0 Å². The van der Waals surface area contributed by atoms with Crippen LogP contribution in [0.5, 0.6) is 0 Å². The first-order valence-electron chi connectivity index (χ1n) is 5.65. The Morgan fingerprint density at radius 1 is 1.37 bits per heavy atom. The van der Waals surface area contributed by atoms with Gasteiger partial charge in [-0.05, 0) is 38.2 Å². The van der Waals surface area contributed by atoms with E-state index in [4.69, 9.17) is 10.2 Å². The number of sulfonamides is 1. The summed E-state index contributed by atoms with van der Waals surface area (Å²) in [7, 11) is -2.08. The second kappa shape index (κ2) is 6.50. The van der Waals surface area contributed by atoms with Crippen LogP contribution in [-0.2, 0) is 10.0 Å². The van der Waals surface area contributed by atoms with Crippen molar-refractivity contribution in [3.8, 4) is 0 Å². The van der Waals surface area contributed by atoms with Crippen molar-refractivity contribution in [2.45, 2.75) is 11.3 Å². The highest BCUT2D eigenvalue weighted by molar-refractivity contribution is 7.89. The molecule has 0 aliphatic heterocycles. The van der Waals surface area contributed by atoms with Crippen LogP contribution in [0.25, 0.3) is 0 Å². The van der Waals surface area contributed by atoms with Gasteiger partial charge in [0.1, 0.15) is 0 Å². The average molecular weight is 287 g/mol. The summed E-state index contributed by atoms with van der Waals surface area (Å²) in [6, 6.07) is 3.74. The molecule has 5 N–H and O–H groups in total. The lowest BCUT2D eigenvalue weighted by molar-refractivity contribution is 0.0697. The second-order valence-corrected chi connectivity index (χ2v) is 5.50. The summed E-state index contributed by atoms with van der Waals surface area (Å²) in [5.41, 5.74) is 0.256. The lowest BCUT2D eigenvalue weighted by Crippen LogP contribution is -2.16. The number of nitrogens with one attached hydrogen (secondary N) is 2. The van der Waals surface area contributed by atoms with Crippen molar-refractivity contribution in [3.05, 3.63) is 23.8 Å². The number of hydrogen-bond donors (Lipinski definition) is 4. The molecule has 0 saturated carbocycles. The number of carboxylic acids is 1. The third-order valence-electron chi connectivity index (χ3n) is 2.47. The van der Waals surface area contributed by atoms with Gasteiger partial charge < -0.3 is 15.7 Å². The number of primary sulfonamides is 1. The maximum absolute atomic E-state index is 11.2. The van der Waals surface area contributed by atoms with Crippen LogP contribution in [0, 0.1) is 0 Å². The quantitative estimate of drug-likeness (QED) is 0.526. The van der Waals surface area contributed by atoms with Gasteiger partial charge in [0.05, 0.1) is 10.5 Å². The van der Waals surface area contributed by atoms with E-state index in [1.165, 1.54) is 12.1 Å². The van der Waals surface area contributed by atoms with E-state index in [9.17, 15) is 13.2 Å². The van der Waals surface area contributed by atoms with E-state index in [1.807, 2.05) is 7.05 Å². The first-order chi connectivity index (χ1) is 8.86. The van der Waals surface area contributed by atoms with Crippen molar-refractivity contribution in [1.82, 2.24) is 5.32 Å². The third kappa shape index (κ3) is 4.51. The Labute approximate surface area is 111 Å². The van der Waals surface area contributed by atoms with Gasteiger partial charge in [-0.25, -0.2) is 18.4 Å². The summed E-state index contributed by atoms with van der Waals surface area (Å²) < 4.78 is 22.3. The monoisotopic (exact) mass is 287 g/mol. The summed E-state index contributed by atoms with van der Waals surface area (Å²) in [6.45, 7) is 1.38. The summed E-state index contributed by atoms with van der Waals surface area (Å²) >= 11 is 0. The molecule has 0 aromatic heterocycles. The number of aromatic carboxylic acids is 1. The number of benzene rings is 1. The minimum Gasteiger partial charge on any atom is -0.478 e. The largest absolute Gasteiger partial charge is 0.478 e. The smallest absolute Gasteiger partial charge is 0.337 e. The number of carbonyl (C=O) groups is 1. The molecule has 0 aliphatic rings. The second-order valence-electron chi connectivity index (χ2n) is 3.94. The number of rotatable bonds is 7. The van der Waals surface area contributed by atoms with Crippen molar-refractivity contribution < 1.29 is 18.3 Å². The fourth-order valence-corrected chi connectivity index (χ4v) is 2.06. The molecule has 1 aromatic rings. The number of anilines is 1. The summed E-state index contributed by atoms with van der Waals surface area (Å²) in [5, 5.41) is 20.0. The van der Waals surface area contributed by atoms with Gasteiger partial charge in [-0.1, -0.05) is 0 Å². The average Bonchev–Trinajstić information content (AvgIpc) is 2.33. The molecule has 7 nitrogen and oxygen atoms in total. The van der Waals surface area contributed by atoms with Crippen LogP contribution in [-0.4, -0.2) is 39.6 Å². The molecule has 0 bridgehead atoms. The highest BCUT2D eigenvalue weighted by Gasteiger charge is 2.15. The Kier molecular flexibility index (Phi) is 5.28. The van der Waals surface area contributed by atoms with E-state index < -0.39 is 16.0 Å². The van der Waals surface area contributed by atoms with E-state index in [0.717, 1.165) is 19.0 Å². The molecule has 0 amide bonds. The molecular weight excluding hydrogens is 270 g/mol. The van der Waals surface area contributed by atoms with Gasteiger partial charge in [-0.15, -0.1) is 0 Å². The molecule has 8 heteroatoms. The molecule has 0 fully saturated rings. The van der Waals surface area contributed by atoms with Crippen LogP contribution in [0.1, 0.15) is 16.8 Å².